The third-order valence-corrected chi connectivity index (χ3v) is 7.50. The van der Waals surface area contributed by atoms with Crippen LogP contribution in [-0.2, 0) is 16.6 Å². The summed E-state index contributed by atoms with van der Waals surface area (Å²) in [6, 6.07) is 13.1. The number of pyridine rings is 1. The summed E-state index contributed by atoms with van der Waals surface area (Å²) in [5.74, 6) is 2.58. The maximum Gasteiger partial charge on any atom is 0.323 e. The highest BCUT2D eigenvalue weighted by Crippen LogP contribution is 2.33. The van der Waals surface area contributed by atoms with E-state index in [2.05, 4.69) is 41.3 Å². The molecule has 4 rings (SSSR count). The molecule has 0 spiro atoms. The molecule has 1 aliphatic heterocycles. The number of hydrogen-bond acceptors (Lipinski definition) is 6. The maximum absolute atomic E-state index is 12.9. The van der Waals surface area contributed by atoms with E-state index < -0.39 is 11.2 Å². The van der Waals surface area contributed by atoms with E-state index in [0.29, 0.717) is 23.9 Å². The molecule has 1 aromatic heterocycles. The highest BCUT2D eigenvalue weighted by molar-refractivity contribution is 7.91. The van der Waals surface area contributed by atoms with Gasteiger partial charge in [0.05, 0.1) is 12.8 Å². The Balaban J connectivity index is 1.46. The Kier molecular flexibility index (Phi) is 8.23. The van der Waals surface area contributed by atoms with Crippen molar-refractivity contribution in [3.8, 4) is 11.6 Å². The Labute approximate surface area is 215 Å². The Hall–Kier alpha value is -3.01. The van der Waals surface area contributed by atoms with Crippen LogP contribution in [0.25, 0.3) is 10.8 Å². The first-order chi connectivity index (χ1) is 17.2. The minimum atomic E-state index is -0.682. The van der Waals surface area contributed by atoms with Crippen LogP contribution in [0.3, 0.4) is 0 Å². The number of methoxy groups -OCH3 is 1. The van der Waals surface area contributed by atoms with Gasteiger partial charge in [0.15, 0.2) is 0 Å². The van der Waals surface area contributed by atoms with Crippen LogP contribution in [0.2, 0.25) is 0 Å². The molecule has 0 unspecified atom stereocenters. The molecule has 0 atom stereocenters. The number of amides is 2. The van der Waals surface area contributed by atoms with Gasteiger partial charge in [-0.05, 0) is 29.2 Å². The molecular formula is C27H34N4O4S. The molecule has 1 saturated heterocycles. The van der Waals surface area contributed by atoms with E-state index in [0.717, 1.165) is 53.2 Å². The van der Waals surface area contributed by atoms with Crippen molar-refractivity contribution < 1.29 is 18.8 Å². The van der Waals surface area contributed by atoms with Crippen LogP contribution in [-0.4, -0.2) is 65.3 Å². The number of anilines is 2. The summed E-state index contributed by atoms with van der Waals surface area (Å²) in [6.45, 7) is 9.28. The van der Waals surface area contributed by atoms with Gasteiger partial charge in [0.1, 0.15) is 29.5 Å². The van der Waals surface area contributed by atoms with Crippen molar-refractivity contribution >= 4 is 39.4 Å². The molecule has 8 nitrogen and oxygen atoms in total. The van der Waals surface area contributed by atoms with Gasteiger partial charge in [0, 0.05) is 36.6 Å². The monoisotopic (exact) mass is 510 g/mol. The molecule has 2 heterocycles. The Bertz CT molecular complexity index is 1210. The number of benzene rings is 2. The van der Waals surface area contributed by atoms with Crippen LogP contribution in [0.5, 0.6) is 11.6 Å². The quantitative estimate of drug-likeness (QED) is 0.450. The summed E-state index contributed by atoms with van der Waals surface area (Å²) in [5.41, 5.74) is 2.05. The first kappa shape index (κ1) is 26.1. The number of fused-ring (bicyclic) bond motifs is 1. The zero-order valence-electron chi connectivity index (χ0n) is 21.3. The number of aromatic nitrogens is 1. The molecule has 0 radical (unpaired) electrons. The van der Waals surface area contributed by atoms with Crippen molar-refractivity contribution in [2.24, 2.45) is 0 Å². The zero-order valence-corrected chi connectivity index (χ0v) is 22.1. The maximum atomic E-state index is 12.9. The third kappa shape index (κ3) is 6.40. The molecule has 9 heteroatoms. The number of carbonyl (C=O) groups excluding carboxylic acids is 1. The molecule has 3 aromatic rings. The van der Waals surface area contributed by atoms with Crippen LogP contribution in [0.1, 0.15) is 26.3 Å². The van der Waals surface area contributed by atoms with Gasteiger partial charge in [0.2, 0.25) is 5.88 Å². The average molecular weight is 511 g/mol. The predicted molar refractivity (Wildman–Crippen MR) is 146 cm³/mol. The summed E-state index contributed by atoms with van der Waals surface area (Å²) in [6.07, 6.45) is 1.76. The fourth-order valence-corrected chi connectivity index (χ4v) is 5.21. The minimum Gasteiger partial charge on any atom is -0.616 e. The molecule has 0 saturated carbocycles. The molecule has 0 bridgehead atoms. The van der Waals surface area contributed by atoms with E-state index in [1.807, 2.05) is 42.5 Å². The second-order valence-electron chi connectivity index (χ2n) is 9.80. The number of rotatable bonds is 7. The Morgan fingerprint density at radius 3 is 2.47 bits per heavy atom. The highest BCUT2D eigenvalue weighted by atomic mass is 32.2. The van der Waals surface area contributed by atoms with E-state index in [-0.39, 0.29) is 11.4 Å². The van der Waals surface area contributed by atoms with Crippen LogP contribution in [0.4, 0.5) is 16.2 Å². The molecule has 1 aliphatic rings. The van der Waals surface area contributed by atoms with Crippen LogP contribution in [0, 0.1) is 0 Å². The highest BCUT2D eigenvalue weighted by Gasteiger charge is 2.20. The van der Waals surface area contributed by atoms with Crippen LogP contribution >= 0.6 is 0 Å². The second kappa shape index (κ2) is 11.4. The van der Waals surface area contributed by atoms with Crippen LogP contribution < -0.4 is 20.1 Å². The van der Waals surface area contributed by atoms with Gasteiger partial charge >= 0.3 is 6.03 Å². The van der Waals surface area contributed by atoms with Gasteiger partial charge in [-0.25, -0.2) is 9.78 Å². The van der Waals surface area contributed by atoms with E-state index in [1.54, 1.807) is 6.20 Å². The SMILES string of the molecule is COc1ncc(C(C)(C)C)cc1NC(=O)Nc1ccc(OCCN2CC[S+]([O-])CC2)c2ccccc12. The van der Waals surface area contributed by atoms with E-state index in [4.69, 9.17) is 9.47 Å². The number of urea groups is 1. The number of nitrogens with zero attached hydrogens (tertiary/aromatic N) is 2. The predicted octanol–water partition coefficient (Wildman–Crippen LogP) is 4.63. The van der Waals surface area contributed by atoms with E-state index in [1.165, 1.54) is 7.11 Å². The van der Waals surface area contributed by atoms with Crippen molar-refractivity contribution in [1.82, 2.24) is 9.88 Å². The molecule has 36 heavy (non-hydrogen) atoms. The molecule has 2 N–H and O–H groups in total. The van der Waals surface area contributed by atoms with Crippen molar-refractivity contribution in [3.05, 3.63) is 54.2 Å². The zero-order chi connectivity index (χ0) is 25.7. The fraction of sp³-hybridized carbons (Fsp3) is 0.407. The normalized spacial score (nSPS) is 15.0. The van der Waals surface area contributed by atoms with Gasteiger partial charge in [0.25, 0.3) is 0 Å². The Morgan fingerprint density at radius 2 is 1.78 bits per heavy atom. The van der Waals surface area contributed by atoms with Gasteiger partial charge in [-0.15, -0.1) is 0 Å². The molecule has 2 amide bonds. The number of ether oxygens (including phenoxy) is 2. The van der Waals surface area contributed by atoms with Crippen molar-refractivity contribution in [3.63, 3.8) is 0 Å². The first-order valence-corrected chi connectivity index (χ1v) is 13.6. The first-order valence-electron chi connectivity index (χ1n) is 12.1. The summed E-state index contributed by atoms with van der Waals surface area (Å²) in [5, 5.41) is 7.64. The molecular weight excluding hydrogens is 476 g/mol. The lowest BCUT2D eigenvalue weighted by Crippen LogP contribution is -2.42. The lowest BCUT2D eigenvalue weighted by Gasteiger charge is -2.27. The fourth-order valence-electron chi connectivity index (χ4n) is 4.08. The van der Waals surface area contributed by atoms with Crippen molar-refractivity contribution in [2.45, 2.75) is 26.2 Å². The second-order valence-corrected chi connectivity index (χ2v) is 11.5. The number of nitrogens with one attached hydrogen (secondary N) is 2. The van der Waals surface area contributed by atoms with Crippen molar-refractivity contribution in [1.29, 1.82) is 0 Å². The molecule has 192 valence electrons. The van der Waals surface area contributed by atoms with Crippen molar-refractivity contribution in [2.75, 3.05) is 55.5 Å². The van der Waals surface area contributed by atoms with Crippen LogP contribution in [0.15, 0.2) is 48.7 Å². The topological polar surface area (TPSA) is 98.8 Å². The number of hydrogen-bond donors (Lipinski definition) is 2. The number of carbonyl (C=O) groups is 1. The molecule has 0 aliphatic carbocycles. The third-order valence-electron chi connectivity index (χ3n) is 6.23. The summed E-state index contributed by atoms with van der Waals surface area (Å²) < 4.78 is 23.0. The van der Waals surface area contributed by atoms with Gasteiger partial charge in [-0.2, -0.15) is 0 Å². The van der Waals surface area contributed by atoms with Gasteiger partial charge in [-0.1, -0.05) is 56.2 Å². The molecule has 2 aromatic carbocycles. The average Bonchev–Trinajstić information content (AvgIpc) is 2.86. The summed E-state index contributed by atoms with van der Waals surface area (Å²) >= 11 is -0.682. The van der Waals surface area contributed by atoms with Gasteiger partial charge < -0.3 is 24.7 Å². The summed E-state index contributed by atoms with van der Waals surface area (Å²) in [4.78, 5) is 19.6. The Morgan fingerprint density at radius 1 is 1.08 bits per heavy atom. The standard InChI is InChI=1S/C27H34N4O4S/c1-27(2,3)19-17-23(25(34-4)28-18-19)30-26(32)29-22-9-10-24(21-8-6-5-7-20(21)22)35-14-11-31-12-15-36(33)16-13-31/h5-10,17-18H,11-16H2,1-4H3,(H2,29,30,32). The minimum absolute atomic E-state index is 0.120. The lowest BCUT2D eigenvalue weighted by molar-refractivity contribution is 0.221. The largest absolute Gasteiger partial charge is 0.616 e. The lowest BCUT2D eigenvalue weighted by atomic mass is 9.88. The molecule has 1 fully saturated rings. The van der Waals surface area contributed by atoms with E-state index >= 15 is 0 Å². The van der Waals surface area contributed by atoms with E-state index in [9.17, 15) is 9.35 Å². The summed E-state index contributed by atoms with van der Waals surface area (Å²) in [7, 11) is 1.53. The smallest absolute Gasteiger partial charge is 0.323 e. The van der Waals surface area contributed by atoms with Gasteiger partial charge in [-0.3, -0.25) is 4.90 Å².